The smallest absolute Gasteiger partial charge is 0.255 e. The first-order valence-corrected chi connectivity index (χ1v) is 6.06. The Morgan fingerprint density at radius 2 is 1.89 bits per heavy atom. The third-order valence-electron chi connectivity index (χ3n) is 3.41. The Hall–Kier alpha value is -2.17. The topological polar surface area (TPSA) is 66.5 Å². The molecule has 0 aromatic heterocycles. The number of nitrogens with zero attached hydrogens (tertiary/aromatic N) is 1. The second-order valence-corrected chi connectivity index (χ2v) is 5.14. The zero-order valence-electron chi connectivity index (χ0n) is 11.2. The maximum absolute atomic E-state index is 12.5. The van der Waals surface area contributed by atoms with Crippen molar-refractivity contribution < 1.29 is 14.4 Å². The molecule has 1 aliphatic heterocycles. The van der Waals surface area contributed by atoms with Crippen molar-refractivity contribution in [3.05, 3.63) is 35.4 Å². The highest BCUT2D eigenvalue weighted by Crippen LogP contribution is 2.22. The van der Waals surface area contributed by atoms with Gasteiger partial charge in [-0.25, -0.2) is 0 Å². The van der Waals surface area contributed by atoms with E-state index in [4.69, 9.17) is 0 Å². The highest BCUT2D eigenvalue weighted by molar-refractivity contribution is 6.09. The lowest BCUT2D eigenvalue weighted by Gasteiger charge is -2.40. The molecule has 1 heterocycles. The lowest BCUT2D eigenvalue weighted by atomic mass is 9.96. The first-order valence-electron chi connectivity index (χ1n) is 6.06. The van der Waals surface area contributed by atoms with Crippen LogP contribution in [0.3, 0.4) is 0 Å². The minimum Gasteiger partial charge on any atom is -0.315 e. The largest absolute Gasteiger partial charge is 0.315 e. The summed E-state index contributed by atoms with van der Waals surface area (Å²) >= 11 is 0. The van der Waals surface area contributed by atoms with Gasteiger partial charge in [-0.2, -0.15) is 0 Å². The summed E-state index contributed by atoms with van der Waals surface area (Å²) in [4.78, 5) is 37.1. The van der Waals surface area contributed by atoms with E-state index >= 15 is 0 Å². The number of amides is 3. The summed E-state index contributed by atoms with van der Waals surface area (Å²) < 4.78 is 0. The molecule has 3 amide bonds. The van der Waals surface area contributed by atoms with Crippen LogP contribution in [0.25, 0.3) is 0 Å². The molecule has 0 spiro atoms. The maximum atomic E-state index is 12.5. The third kappa shape index (κ3) is 2.23. The molecule has 2 rings (SSSR count). The minimum absolute atomic E-state index is 0.105. The molecule has 100 valence electrons. The molecular weight excluding hydrogens is 244 g/mol. The van der Waals surface area contributed by atoms with Gasteiger partial charge in [-0.3, -0.25) is 19.7 Å². The fourth-order valence-electron chi connectivity index (χ4n) is 2.07. The second kappa shape index (κ2) is 4.50. The molecule has 19 heavy (non-hydrogen) atoms. The van der Waals surface area contributed by atoms with E-state index in [1.54, 1.807) is 26.0 Å². The van der Waals surface area contributed by atoms with Gasteiger partial charge in [0, 0.05) is 5.56 Å². The van der Waals surface area contributed by atoms with Gasteiger partial charge < -0.3 is 4.90 Å². The van der Waals surface area contributed by atoms with Gasteiger partial charge in [-0.15, -0.1) is 0 Å². The number of hydrogen-bond acceptors (Lipinski definition) is 3. The summed E-state index contributed by atoms with van der Waals surface area (Å²) in [6, 6.07) is 7.13. The number of imide groups is 1. The maximum Gasteiger partial charge on any atom is 0.255 e. The van der Waals surface area contributed by atoms with Gasteiger partial charge in [-0.1, -0.05) is 18.2 Å². The van der Waals surface area contributed by atoms with E-state index < -0.39 is 17.4 Å². The number of piperazine rings is 1. The third-order valence-corrected chi connectivity index (χ3v) is 3.41. The van der Waals surface area contributed by atoms with E-state index in [-0.39, 0.29) is 12.5 Å². The molecule has 0 atom stereocenters. The molecule has 1 fully saturated rings. The van der Waals surface area contributed by atoms with Gasteiger partial charge in [0.2, 0.25) is 5.91 Å². The van der Waals surface area contributed by atoms with E-state index in [1.807, 2.05) is 19.1 Å². The Morgan fingerprint density at radius 1 is 1.26 bits per heavy atom. The van der Waals surface area contributed by atoms with E-state index in [9.17, 15) is 14.4 Å². The van der Waals surface area contributed by atoms with Crippen LogP contribution in [0.1, 0.15) is 29.8 Å². The van der Waals surface area contributed by atoms with Gasteiger partial charge in [0.1, 0.15) is 12.1 Å². The van der Waals surface area contributed by atoms with Gasteiger partial charge in [0.25, 0.3) is 11.8 Å². The fourth-order valence-corrected chi connectivity index (χ4v) is 2.07. The van der Waals surface area contributed by atoms with Crippen LogP contribution in [-0.4, -0.2) is 34.7 Å². The standard InChI is InChI=1S/C14H16N2O3/c1-9-6-4-5-7-10(9)12(18)16-8-11(17)15-13(19)14(16,2)3/h4-7H,8H2,1-3H3,(H,15,17,19). The summed E-state index contributed by atoms with van der Waals surface area (Å²) in [5.41, 5.74) is 0.299. The van der Waals surface area contributed by atoms with E-state index in [0.717, 1.165) is 5.56 Å². The summed E-state index contributed by atoms with van der Waals surface area (Å²) in [5.74, 6) is -1.21. The van der Waals surface area contributed by atoms with E-state index in [1.165, 1.54) is 4.90 Å². The second-order valence-electron chi connectivity index (χ2n) is 5.14. The lowest BCUT2D eigenvalue weighted by Crippen LogP contribution is -2.65. The molecule has 1 saturated heterocycles. The Bertz CT molecular complexity index is 564. The Labute approximate surface area is 111 Å². The van der Waals surface area contributed by atoms with Crippen LogP contribution in [-0.2, 0) is 9.59 Å². The highest BCUT2D eigenvalue weighted by Gasteiger charge is 2.43. The van der Waals surface area contributed by atoms with E-state index in [2.05, 4.69) is 5.32 Å². The Balaban J connectivity index is 2.40. The lowest BCUT2D eigenvalue weighted by molar-refractivity contribution is -0.143. The molecule has 5 heteroatoms. The van der Waals surface area contributed by atoms with Crippen LogP contribution in [0.4, 0.5) is 0 Å². The summed E-state index contributed by atoms with van der Waals surface area (Å²) in [5, 5.41) is 2.25. The fraction of sp³-hybridized carbons (Fsp3) is 0.357. The first kappa shape index (κ1) is 13.3. The molecule has 0 bridgehead atoms. The molecule has 1 aromatic rings. The van der Waals surface area contributed by atoms with Crippen LogP contribution >= 0.6 is 0 Å². The minimum atomic E-state index is -1.03. The highest BCUT2D eigenvalue weighted by atomic mass is 16.2. The quantitative estimate of drug-likeness (QED) is 0.762. The van der Waals surface area contributed by atoms with Gasteiger partial charge in [0.05, 0.1) is 0 Å². The Kier molecular flexibility index (Phi) is 3.14. The summed E-state index contributed by atoms with van der Waals surface area (Å²) in [6.45, 7) is 4.98. The number of hydrogen-bond donors (Lipinski definition) is 1. The molecule has 0 radical (unpaired) electrons. The number of nitrogens with one attached hydrogen (secondary N) is 1. The van der Waals surface area contributed by atoms with Gasteiger partial charge in [-0.05, 0) is 32.4 Å². The van der Waals surface area contributed by atoms with Crippen molar-refractivity contribution in [1.82, 2.24) is 10.2 Å². The summed E-state index contributed by atoms with van der Waals surface area (Å²) in [7, 11) is 0. The molecule has 1 N–H and O–H groups in total. The van der Waals surface area contributed by atoms with Crippen molar-refractivity contribution in [3.8, 4) is 0 Å². The average molecular weight is 260 g/mol. The number of carbonyl (C=O) groups excluding carboxylic acids is 3. The van der Waals surface area contributed by atoms with Crippen molar-refractivity contribution in [2.45, 2.75) is 26.3 Å². The van der Waals surface area contributed by atoms with Crippen molar-refractivity contribution in [2.75, 3.05) is 6.54 Å². The zero-order chi connectivity index (χ0) is 14.2. The number of benzene rings is 1. The predicted octanol–water partition coefficient (Wildman–Crippen LogP) is 0.872. The van der Waals surface area contributed by atoms with Crippen molar-refractivity contribution in [1.29, 1.82) is 0 Å². The normalized spacial score (nSPS) is 18.2. The predicted molar refractivity (Wildman–Crippen MR) is 69.4 cm³/mol. The molecule has 5 nitrogen and oxygen atoms in total. The number of aryl methyl sites for hydroxylation is 1. The van der Waals surface area contributed by atoms with Gasteiger partial charge >= 0.3 is 0 Å². The van der Waals surface area contributed by atoms with Crippen molar-refractivity contribution >= 4 is 17.7 Å². The SMILES string of the molecule is Cc1ccccc1C(=O)N1CC(=O)NC(=O)C1(C)C. The van der Waals surface area contributed by atoms with Gasteiger partial charge in [0.15, 0.2) is 0 Å². The van der Waals surface area contributed by atoms with Crippen LogP contribution < -0.4 is 5.32 Å². The van der Waals surface area contributed by atoms with Crippen LogP contribution in [0.15, 0.2) is 24.3 Å². The van der Waals surface area contributed by atoms with Crippen molar-refractivity contribution in [2.24, 2.45) is 0 Å². The number of rotatable bonds is 1. The van der Waals surface area contributed by atoms with E-state index in [0.29, 0.717) is 5.56 Å². The zero-order valence-corrected chi connectivity index (χ0v) is 11.2. The average Bonchev–Trinajstić information content (AvgIpc) is 2.34. The summed E-state index contributed by atoms with van der Waals surface area (Å²) in [6.07, 6.45) is 0. The van der Waals surface area contributed by atoms with Crippen molar-refractivity contribution in [3.63, 3.8) is 0 Å². The number of carbonyl (C=O) groups is 3. The van der Waals surface area contributed by atoms with Crippen LogP contribution in [0.5, 0.6) is 0 Å². The monoisotopic (exact) mass is 260 g/mol. The van der Waals surface area contributed by atoms with Crippen LogP contribution in [0.2, 0.25) is 0 Å². The Morgan fingerprint density at radius 3 is 2.53 bits per heavy atom. The molecule has 0 saturated carbocycles. The first-order chi connectivity index (χ1) is 8.84. The van der Waals surface area contributed by atoms with Crippen LogP contribution in [0, 0.1) is 6.92 Å². The molecular formula is C14H16N2O3. The molecule has 1 aromatic carbocycles. The molecule has 1 aliphatic rings. The molecule has 0 unspecified atom stereocenters. The molecule has 0 aliphatic carbocycles.